The van der Waals surface area contributed by atoms with E-state index in [9.17, 15) is 8.78 Å². The minimum Gasteiger partial charge on any atom is -0.312 e. The highest BCUT2D eigenvalue weighted by atomic mass is 19.1. The van der Waals surface area contributed by atoms with Crippen molar-refractivity contribution in [3.8, 4) is 0 Å². The highest BCUT2D eigenvalue weighted by Gasteiger charge is 1.99. The van der Waals surface area contributed by atoms with E-state index >= 15 is 0 Å². The van der Waals surface area contributed by atoms with Crippen molar-refractivity contribution in [2.24, 2.45) is 0 Å². The summed E-state index contributed by atoms with van der Waals surface area (Å²) >= 11 is 0. The van der Waals surface area contributed by atoms with E-state index in [4.69, 9.17) is 0 Å². The third-order valence-electron chi connectivity index (χ3n) is 3.07. The first-order chi connectivity index (χ1) is 9.15. The summed E-state index contributed by atoms with van der Waals surface area (Å²) in [5.41, 5.74) is 2.68. The molecule has 2 aromatic carbocycles. The number of benzene rings is 2. The molecule has 0 aliphatic carbocycles. The molecular weight excluding hydrogens is 244 g/mol. The zero-order chi connectivity index (χ0) is 13.7. The van der Waals surface area contributed by atoms with Crippen LogP contribution in [0, 0.1) is 18.6 Å². The average Bonchev–Trinajstić information content (AvgIpc) is 2.41. The second kappa shape index (κ2) is 6.43. The van der Waals surface area contributed by atoms with E-state index in [0.29, 0.717) is 12.1 Å². The van der Waals surface area contributed by atoms with Gasteiger partial charge in [-0.3, -0.25) is 0 Å². The summed E-state index contributed by atoms with van der Waals surface area (Å²) < 4.78 is 26.0. The SMILES string of the molecule is Cc1ccc(CNCCc2ccc(F)cc2)cc1F. The summed E-state index contributed by atoms with van der Waals surface area (Å²) in [6.45, 7) is 3.17. The van der Waals surface area contributed by atoms with Gasteiger partial charge in [0.05, 0.1) is 0 Å². The number of halogens is 2. The number of rotatable bonds is 5. The molecule has 1 nitrogen and oxygen atoms in total. The van der Waals surface area contributed by atoms with Crippen molar-refractivity contribution in [3.05, 3.63) is 70.8 Å². The summed E-state index contributed by atoms with van der Waals surface area (Å²) in [5.74, 6) is -0.385. The summed E-state index contributed by atoms with van der Waals surface area (Å²) in [6, 6.07) is 11.7. The fourth-order valence-corrected chi connectivity index (χ4v) is 1.86. The normalized spacial score (nSPS) is 10.7. The van der Waals surface area contributed by atoms with Crippen LogP contribution >= 0.6 is 0 Å². The molecule has 0 fully saturated rings. The van der Waals surface area contributed by atoms with Crippen molar-refractivity contribution >= 4 is 0 Å². The van der Waals surface area contributed by atoms with Crippen LogP contribution in [0.15, 0.2) is 42.5 Å². The number of hydrogen-bond acceptors (Lipinski definition) is 1. The Balaban J connectivity index is 1.77. The van der Waals surface area contributed by atoms with E-state index in [0.717, 1.165) is 24.1 Å². The molecule has 0 bridgehead atoms. The van der Waals surface area contributed by atoms with Crippen molar-refractivity contribution < 1.29 is 8.78 Å². The Morgan fingerprint density at radius 3 is 2.32 bits per heavy atom. The minimum atomic E-state index is -0.216. The molecule has 100 valence electrons. The molecule has 0 saturated heterocycles. The van der Waals surface area contributed by atoms with Gasteiger partial charge in [-0.1, -0.05) is 24.3 Å². The van der Waals surface area contributed by atoms with Crippen LogP contribution in [0.1, 0.15) is 16.7 Å². The molecule has 0 spiro atoms. The molecule has 0 aliphatic heterocycles. The van der Waals surface area contributed by atoms with Crippen LogP contribution in [0.4, 0.5) is 8.78 Å². The molecule has 19 heavy (non-hydrogen) atoms. The van der Waals surface area contributed by atoms with Crippen LogP contribution in [0.5, 0.6) is 0 Å². The van der Waals surface area contributed by atoms with Crippen molar-refractivity contribution in [1.82, 2.24) is 5.32 Å². The monoisotopic (exact) mass is 261 g/mol. The largest absolute Gasteiger partial charge is 0.312 e. The van der Waals surface area contributed by atoms with Crippen LogP contribution < -0.4 is 5.32 Å². The number of nitrogens with one attached hydrogen (secondary N) is 1. The molecule has 2 aromatic rings. The van der Waals surface area contributed by atoms with Crippen molar-refractivity contribution in [1.29, 1.82) is 0 Å². The molecule has 1 N–H and O–H groups in total. The van der Waals surface area contributed by atoms with Gasteiger partial charge in [0.15, 0.2) is 0 Å². The van der Waals surface area contributed by atoms with Gasteiger partial charge in [-0.15, -0.1) is 0 Å². The Labute approximate surface area is 112 Å². The quantitative estimate of drug-likeness (QED) is 0.811. The van der Waals surface area contributed by atoms with Gasteiger partial charge in [0.25, 0.3) is 0 Å². The lowest BCUT2D eigenvalue weighted by atomic mass is 10.1. The van der Waals surface area contributed by atoms with Crippen molar-refractivity contribution in [3.63, 3.8) is 0 Å². The lowest BCUT2D eigenvalue weighted by molar-refractivity contribution is 0.611. The second-order valence-corrected chi connectivity index (χ2v) is 4.64. The molecule has 0 aromatic heterocycles. The fourth-order valence-electron chi connectivity index (χ4n) is 1.86. The summed E-state index contributed by atoms with van der Waals surface area (Å²) in [5, 5.41) is 3.25. The molecule has 0 unspecified atom stereocenters. The molecule has 0 atom stereocenters. The first-order valence-corrected chi connectivity index (χ1v) is 6.35. The van der Waals surface area contributed by atoms with Gasteiger partial charge in [0.2, 0.25) is 0 Å². The third-order valence-corrected chi connectivity index (χ3v) is 3.07. The Hall–Kier alpha value is -1.74. The van der Waals surface area contributed by atoms with E-state index in [-0.39, 0.29) is 11.6 Å². The van der Waals surface area contributed by atoms with E-state index in [1.165, 1.54) is 12.1 Å². The molecule has 0 aliphatic rings. The van der Waals surface area contributed by atoms with Gasteiger partial charge >= 0.3 is 0 Å². The average molecular weight is 261 g/mol. The molecule has 0 amide bonds. The summed E-state index contributed by atoms with van der Waals surface area (Å²) in [6.07, 6.45) is 0.828. The smallest absolute Gasteiger partial charge is 0.126 e. The lowest BCUT2D eigenvalue weighted by Gasteiger charge is -2.06. The fraction of sp³-hybridized carbons (Fsp3) is 0.250. The number of hydrogen-bond donors (Lipinski definition) is 1. The maximum absolute atomic E-state index is 13.3. The van der Waals surface area contributed by atoms with E-state index in [1.807, 2.05) is 6.07 Å². The van der Waals surface area contributed by atoms with Gasteiger partial charge in [-0.2, -0.15) is 0 Å². The van der Waals surface area contributed by atoms with Gasteiger partial charge in [-0.05, 0) is 54.8 Å². The molecule has 0 radical (unpaired) electrons. The molecule has 0 saturated carbocycles. The predicted octanol–water partition coefficient (Wildman–Crippen LogP) is 3.61. The molecule has 0 heterocycles. The van der Waals surface area contributed by atoms with E-state index in [1.54, 1.807) is 31.2 Å². The van der Waals surface area contributed by atoms with Crippen LogP contribution in [0.3, 0.4) is 0 Å². The van der Waals surface area contributed by atoms with E-state index in [2.05, 4.69) is 5.32 Å². The van der Waals surface area contributed by atoms with Gasteiger partial charge in [-0.25, -0.2) is 8.78 Å². The molecule has 3 heteroatoms. The zero-order valence-corrected chi connectivity index (χ0v) is 10.9. The van der Waals surface area contributed by atoms with Gasteiger partial charge in [0, 0.05) is 6.54 Å². The highest BCUT2D eigenvalue weighted by Crippen LogP contribution is 2.09. The van der Waals surface area contributed by atoms with Gasteiger partial charge in [0.1, 0.15) is 11.6 Å². The van der Waals surface area contributed by atoms with Crippen molar-refractivity contribution in [2.75, 3.05) is 6.54 Å². The highest BCUT2D eigenvalue weighted by molar-refractivity contribution is 5.23. The first-order valence-electron chi connectivity index (χ1n) is 6.35. The Morgan fingerprint density at radius 1 is 0.947 bits per heavy atom. The molecule has 2 rings (SSSR count). The summed E-state index contributed by atoms with van der Waals surface area (Å²) in [4.78, 5) is 0. The Kier molecular flexibility index (Phi) is 4.63. The predicted molar refractivity (Wildman–Crippen MR) is 72.9 cm³/mol. The van der Waals surface area contributed by atoms with Crippen LogP contribution in [0.2, 0.25) is 0 Å². The van der Waals surface area contributed by atoms with Crippen LogP contribution in [0.25, 0.3) is 0 Å². The standard InChI is InChI=1S/C16H17F2N/c1-12-2-3-14(10-16(12)18)11-19-9-8-13-4-6-15(17)7-5-13/h2-7,10,19H,8-9,11H2,1H3. The topological polar surface area (TPSA) is 12.0 Å². The number of aryl methyl sites for hydroxylation is 1. The first kappa shape index (κ1) is 13.7. The van der Waals surface area contributed by atoms with Crippen molar-refractivity contribution in [2.45, 2.75) is 19.9 Å². The third kappa shape index (κ3) is 4.14. The van der Waals surface area contributed by atoms with Crippen LogP contribution in [-0.4, -0.2) is 6.54 Å². The maximum Gasteiger partial charge on any atom is 0.126 e. The molecular formula is C16H17F2N. The maximum atomic E-state index is 13.3. The Morgan fingerprint density at radius 2 is 1.63 bits per heavy atom. The Bertz CT molecular complexity index is 535. The van der Waals surface area contributed by atoms with Crippen LogP contribution in [-0.2, 0) is 13.0 Å². The zero-order valence-electron chi connectivity index (χ0n) is 10.9. The lowest BCUT2D eigenvalue weighted by Crippen LogP contribution is -2.16. The second-order valence-electron chi connectivity index (χ2n) is 4.64. The minimum absolute atomic E-state index is 0.169. The van der Waals surface area contributed by atoms with Gasteiger partial charge < -0.3 is 5.32 Å². The van der Waals surface area contributed by atoms with E-state index < -0.39 is 0 Å². The summed E-state index contributed by atoms with van der Waals surface area (Å²) in [7, 11) is 0.